The molecule has 9 nitrogen and oxygen atoms in total. The first kappa shape index (κ1) is 17.2. The van der Waals surface area contributed by atoms with Crippen LogP contribution in [0.25, 0.3) is 10.8 Å². The molecule has 0 fully saturated rings. The number of fused-ring (bicyclic) bond motifs is 1. The maximum Gasteiger partial charge on any atom is 0.356 e. The van der Waals surface area contributed by atoms with Crippen molar-refractivity contribution in [1.82, 2.24) is 21.3 Å². The van der Waals surface area contributed by atoms with Crippen LogP contribution in [0, 0.1) is 0 Å². The lowest BCUT2D eigenvalue weighted by molar-refractivity contribution is 0.173. The average Bonchev–Trinajstić information content (AvgIpc) is 2.64. The third-order valence-electron chi connectivity index (χ3n) is 3.66. The molecule has 0 aromatic heterocycles. The number of ether oxygens (including phenoxy) is 1. The number of methoxy groups -OCH3 is 1. The van der Waals surface area contributed by atoms with E-state index in [1.165, 1.54) is 6.21 Å². The van der Waals surface area contributed by atoms with Crippen LogP contribution >= 0.6 is 0 Å². The second kappa shape index (κ2) is 7.51. The number of rotatable bonds is 4. The summed E-state index contributed by atoms with van der Waals surface area (Å²) in [7, 11) is 1.63. The lowest BCUT2D eigenvalue weighted by atomic mass is 10.1. The lowest BCUT2D eigenvalue weighted by Crippen LogP contribution is -2.55. The van der Waals surface area contributed by atoms with Crippen LogP contribution in [-0.4, -0.2) is 42.7 Å². The Balaban J connectivity index is 1.59. The summed E-state index contributed by atoms with van der Waals surface area (Å²) in [6.07, 6.45) is 1.52. The molecule has 3 rings (SSSR count). The highest BCUT2D eigenvalue weighted by molar-refractivity contribution is 5.93. The number of nitrogens with one attached hydrogen (secondary N) is 3. The predicted molar refractivity (Wildman–Crippen MR) is 98.1 cm³/mol. The van der Waals surface area contributed by atoms with Gasteiger partial charge < -0.3 is 4.74 Å². The molecule has 4 amide bonds. The summed E-state index contributed by atoms with van der Waals surface area (Å²) in [5, 5.41) is 10.8. The molecule has 3 N–H and O–H groups in total. The second-order valence-corrected chi connectivity index (χ2v) is 5.63. The zero-order valence-electron chi connectivity index (χ0n) is 14.3. The Morgan fingerprint density at radius 2 is 2.08 bits per heavy atom. The monoisotopic (exact) mass is 354 g/mol. The van der Waals surface area contributed by atoms with Crippen molar-refractivity contribution < 1.29 is 14.3 Å². The largest absolute Gasteiger partial charge is 0.497 e. The first-order chi connectivity index (χ1) is 12.5. The van der Waals surface area contributed by atoms with Crippen LogP contribution in [-0.2, 0) is 0 Å². The molecule has 0 saturated heterocycles. The maximum absolute atomic E-state index is 11.8. The summed E-state index contributed by atoms with van der Waals surface area (Å²) in [5.41, 5.74) is 8.48. The molecule has 0 bridgehead atoms. The Kier molecular flexibility index (Phi) is 4.97. The minimum Gasteiger partial charge on any atom is -0.497 e. The molecule has 1 heterocycles. The zero-order chi connectivity index (χ0) is 18.5. The fourth-order valence-corrected chi connectivity index (χ4v) is 2.39. The number of carbonyl (C=O) groups excluding carboxylic acids is 2. The van der Waals surface area contributed by atoms with Crippen LogP contribution in [0.2, 0.25) is 0 Å². The molecule has 0 radical (unpaired) electrons. The van der Waals surface area contributed by atoms with Crippen molar-refractivity contribution in [2.75, 3.05) is 13.7 Å². The molecule has 0 aliphatic carbocycles. The van der Waals surface area contributed by atoms with Crippen molar-refractivity contribution in [3.63, 3.8) is 0 Å². The number of amides is 4. The minimum absolute atomic E-state index is 0.205. The molecule has 0 atom stereocenters. The summed E-state index contributed by atoms with van der Waals surface area (Å²) in [6.45, 7) is 1.94. The van der Waals surface area contributed by atoms with E-state index in [0.29, 0.717) is 5.71 Å². The highest BCUT2D eigenvalue weighted by Gasteiger charge is 2.20. The Hall–Kier alpha value is -3.62. The van der Waals surface area contributed by atoms with E-state index >= 15 is 0 Å². The standard InChI is InChI=1S/C17H18N6O3/c1-11-10-23(17(25)21-19-11)22-16(24)20-18-9-12-3-4-14-8-15(26-2)6-5-13(14)7-12/h3-9H,10H2,1-2H3,(H,21,25)(H2,20,22,24)/b18-9+. The van der Waals surface area contributed by atoms with E-state index in [1.54, 1.807) is 14.0 Å². The fraction of sp³-hybridized carbons (Fsp3) is 0.176. The van der Waals surface area contributed by atoms with Gasteiger partial charge in [0.2, 0.25) is 0 Å². The zero-order valence-corrected chi connectivity index (χ0v) is 14.3. The number of hydrogen-bond donors (Lipinski definition) is 3. The number of nitrogens with zero attached hydrogens (tertiary/aromatic N) is 3. The molecule has 0 spiro atoms. The van der Waals surface area contributed by atoms with E-state index in [2.05, 4.69) is 26.5 Å². The molecular weight excluding hydrogens is 336 g/mol. The summed E-state index contributed by atoms with van der Waals surface area (Å²) in [5.74, 6) is 0.791. The summed E-state index contributed by atoms with van der Waals surface area (Å²) in [6, 6.07) is 10.4. The van der Waals surface area contributed by atoms with Gasteiger partial charge in [0.1, 0.15) is 5.75 Å². The Labute approximate surface area is 149 Å². The topological polar surface area (TPSA) is 107 Å². The van der Waals surface area contributed by atoms with E-state index in [1.807, 2.05) is 36.4 Å². The van der Waals surface area contributed by atoms with Crippen LogP contribution in [0.1, 0.15) is 12.5 Å². The summed E-state index contributed by atoms with van der Waals surface area (Å²) in [4.78, 5) is 23.4. The number of hydrazine groups is 1. The summed E-state index contributed by atoms with van der Waals surface area (Å²) < 4.78 is 5.20. The van der Waals surface area contributed by atoms with E-state index in [4.69, 9.17) is 4.74 Å². The van der Waals surface area contributed by atoms with E-state index in [-0.39, 0.29) is 6.54 Å². The van der Waals surface area contributed by atoms with Gasteiger partial charge >= 0.3 is 12.1 Å². The van der Waals surface area contributed by atoms with Crippen LogP contribution < -0.4 is 21.0 Å². The van der Waals surface area contributed by atoms with Gasteiger partial charge in [0.25, 0.3) is 0 Å². The molecule has 26 heavy (non-hydrogen) atoms. The number of hydrogen-bond acceptors (Lipinski definition) is 5. The maximum atomic E-state index is 11.8. The van der Waals surface area contributed by atoms with Gasteiger partial charge in [-0.25, -0.2) is 30.9 Å². The normalized spacial score (nSPS) is 14.2. The van der Waals surface area contributed by atoms with Crippen molar-refractivity contribution in [3.8, 4) is 5.75 Å². The van der Waals surface area contributed by atoms with Gasteiger partial charge in [-0.2, -0.15) is 10.2 Å². The molecular formula is C17H18N6O3. The van der Waals surface area contributed by atoms with Gasteiger partial charge in [-0.15, -0.1) is 0 Å². The van der Waals surface area contributed by atoms with Gasteiger partial charge in [-0.3, -0.25) is 0 Å². The molecule has 134 valence electrons. The molecule has 1 aliphatic rings. The van der Waals surface area contributed by atoms with Gasteiger partial charge in [-0.1, -0.05) is 18.2 Å². The minimum atomic E-state index is -0.628. The van der Waals surface area contributed by atoms with E-state index in [9.17, 15) is 9.59 Å². The van der Waals surface area contributed by atoms with Crippen molar-refractivity contribution in [2.45, 2.75) is 6.92 Å². The van der Waals surface area contributed by atoms with Crippen molar-refractivity contribution in [3.05, 3.63) is 42.0 Å². The molecule has 1 aliphatic heterocycles. The van der Waals surface area contributed by atoms with Gasteiger partial charge in [0.05, 0.1) is 25.6 Å². The van der Waals surface area contributed by atoms with Gasteiger partial charge in [0.15, 0.2) is 0 Å². The predicted octanol–water partition coefficient (Wildman–Crippen LogP) is 1.80. The summed E-state index contributed by atoms with van der Waals surface area (Å²) >= 11 is 0. The third-order valence-corrected chi connectivity index (χ3v) is 3.66. The molecule has 2 aromatic rings. The number of urea groups is 2. The quantitative estimate of drug-likeness (QED) is 0.575. The highest BCUT2D eigenvalue weighted by atomic mass is 16.5. The SMILES string of the molecule is COc1ccc2cc(/C=N/NC(=O)NN3CC(C)=NNC3=O)ccc2c1. The average molecular weight is 354 g/mol. The molecule has 0 unspecified atom stereocenters. The number of hydrazone groups is 2. The highest BCUT2D eigenvalue weighted by Crippen LogP contribution is 2.21. The number of benzene rings is 2. The first-order valence-corrected chi connectivity index (χ1v) is 7.83. The van der Waals surface area contributed by atoms with Gasteiger partial charge in [0, 0.05) is 0 Å². The Bertz CT molecular complexity index is 909. The van der Waals surface area contributed by atoms with E-state index < -0.39 is 12.1 Å². The third kappa shape index (κ3) is 4.07. The fourth-order valence-electron chi connectivity index (χ4n) is 2.39. The smallest absolute Gasteiger partial charge is 0.356 e. The van der Waals surface area contributed by atoms with Crippen molar-refractivity contribution in [2.24, 2.45) is 10.2 Å². The van der Waals surface area contributed by atoms with E-state index in [0.717, 1.165) is 27.1 Å². The van der Waals surface area contributed by atoms with Crippen molar-refractivity contribution in [1.29, 1.82) is 0 Å². The van der Waals surface area contributed by atoms with Crippen LogP contribution in [0.15, 0.2) is 46.6 Å². The van der Waals surface area contributed by atoms with Crippen LogP contribution in [0.5, 0.6) is 5.75 Å². The Morgan fingerprint density at radius 1 is 1.31 bits per heavy atom. The van der Waals surface area contributed by atoms with Crippen molar-refractivity contribution >= 4 is 34.8 Å². The molecule has 2 aromatic carbocycles. The lowest BCUT2D eigenvalue weighted by Gasteiger charge is -2.25. The number of carbonyl (C=O) groups is 2. The molecule has 9 heteroatoms. The van der Waals surface area contributed by atoms with Crippen LogP contribution in [0.3, 0.4) is 0 Å². The molecule has 0 saturated carbocycles. The van der Waals surface area contributed by atoms with Gasteiger partial charge in [-0.05, 0) is 41.5 Å². The van der Waals surface area contributed by atoms with Crippen LogP contribution in [0.4, 0.5) is 9.59 Å². The Morgan fingerprint density at radius 3 is 2.88 bits per heavy atom. The first-order valence-electron chi connectivity index (χ1n) is 7.83. The second-order valence-electron chi connectivity index (χ2n) is 5.63.